The lowest BCUT2D eigenvalue weighted by Crippen LogP contribution is -2.21. The highest BCUT2D eigenvalue weighted by Crippen LogP contribution is 2.10. The lowest BCUT2D eigenvalue weighted by molar-refractivity contribution is -0.114. The van der Waals surface area contributed by atoms with Gasteiger partial charge in [-0.15, -0.1) is 0 Å². The molecule has 0 aromatic heterocycles. The molecule has 0 saturated heterocycles. The highest BCUT2D eigenvalue weighted by Gasteiger charge is 1.98. The fourth-order valence-corrected chi connectivity index (χ4v) is 1.28. The van der Waals surface area contributed by atoms with Crippen molar-refractivity contribution in [1.82, 2.24) is 5.32 Å². The summed E-state index contributed by atoms with van der Waals surface area (Å²) in [6.07, 6.45) is 0. The minimum atomic E-state index is -0.0380. The van der Waals surface area contributed by atoms with E-state index in [1.165, 1.54) is 12.5 Å². The van der Waals surface area contributed by atoms with Gasteiger partial charge < -0.3 is 10.6 Å². The monoisotopic (exact) mass is 206 g/mol. The highest BCUT2D eigenvalue weighted by molar-refractivity contribution is 5.88. The zero-order valence-electron chi connectivity index (χ0n) is 9.50. The Morgan fingerprint density at radius 1 is 1.40 bits per heavy atom. The van der Waals surface area contributed by atoms with Crippen molar-refractivity contribution in [3.05, 3.63) is 29.8 Å². The number of benzene rings is 1. The molecular formula is C12H18N2O. The Morgan fingerprint density at radius 3 is 2.73 bits per heavy atom. The summed E-state index contributed by atoms with van der Waals surface area (Å²) in [6.45, 7) is 6.56. The van der Waals surface area contributed by atoms with E-state index in [1.54, 1.807) is 0 Å². The van der Waals surface area contributed by atoms with Gasteiger partial charge >= 0.3 is 0 Å². The van der Waals surface area contributed by atoms with Crippen LogP contribution in [-0.2, 0) is 11.3 Å². The molecule has 0 saturated carbocycles. The van der Waals surface area contributed by atoms with Crippen molar-refractivity contribution in [1.29, 1.82) is 0 Å². The van der Waals surface area contributed by atoms with Crippen LogP contribution in [0.25, 0.3) is 0 Å². The fraction of sp³-hybridized carbons (Fsp3) is 0.417. The zero-order valence-corrected chi connectivity index (χ0v) is 9.50. The maximum atomic E-state index is 10.9. The summed E-state index contributed by atoms with van der Waals surface area (Å²) in [4.78, 5) is 10.9. The number of amides is 1. The molecule has 0 aliphatic carbocycles. The summed E-state index contributed by atoms with van der Waals surface area (Å²) in [5.41, 5.74) is 2.03. The Morgan fingerprint density at radius 2 is 2.13 bits per heavy atom. The number of nitrogens with one attached hydrogen (secondary N) is 2. The molecule has 0 atom stereocenters. The van der Waals surface area contributed by atoms with Crippen molar-refractivity contribution >= 4 is 11.6 Å². The van der Waals surface area contributed by atoms with Gasteiger partial charge in [0.2, 0.25) is 5.91 Å². The Balaban J connectivity index is 2.61. The van der Waals surface area contributed by atoms with Crippen LogP contribution in [0.4, 0.5) is 5.69 Å². The molecule has 0 spiro atoms. The number of hydrogen-bond donors (Lipinski definition) is 2. The fourth-order valence-electron chi connectivity index (χ4n) is 1.28. The Labute approximate surface area is 90.9 Å². The minimum Gasteiger partial charge on any atom is -0.326 e. The third kappa shape index (κ3) is 4.61. The summed E-state index contributed by atoms with van der Waals surface area (Å²) in [7, 11) is 0. The SMILES string of the molecule is CC(=O)Nc1cccc(CNC(C)C)c1. The van der Waals surface area contributed by atoms with Gasteiger partial charge in [0.05, 0.1) is 0 Å². The number of hydrogen-bond acceptors (Lipinski definition) is 2. The van der Waals surface area contributed by atoms with E-state index < -0.39 is 0 Å². The van der Waals surface area contributed by atoms with Gasteiger partial charge in [0.15, 0.2) is 0 Å². The van der Waals surface area contributed by atoms with Crippen molar-refractivity contribution in [3.63, 3.8) is 0 Å². The van der Waals surface area contributed by atoms with Gasteiger partial charge in [-0.3, -0.25) is 4.79 Å². The summed E-state index contributed by atoms with van der Waals surface area (Å²) >= 11 is 0. The molecule has 1 aromatic rings. The van der Waals surface area contributed by atoms with Gasteiger partial charge in [0.25, 0.3) is 0 Å². The average Bonchev–Trinajstić information content (AvgIpc) is 2.14. The van der Waals surface area contributed by atoms with Gasteiger partial charge in [0, 0.05) is 25.2 Å². The van der Waals surface area contributed by atoms with Crippen LogP contribution in [0, 0.1) is 0 Å². The Kier molecular flexibility index (Phi) is 4.31. The molecule has 3 heteroatoms. The maximum absolute atomic E-state index is 10.9. The molecular weight excluding hydrogens is 188 g/mol. The molecule has 2 N–H and O–H groups in total. The lowest BCUT2D eigenvalue weighted by Gasteiger charge is -2.09. The molecule has 1 rings (SSSR count). The Hall–Kier alpha value is -1.35. The van der Waals surface area contributed by atoms with E-state index in [9.17, 15) is 4.79 Å². The molecule has 0 radical (unpaired) electrons. The second-order valence-corrected chi connectivity index (χ2v) is 3.92. The van der Waals surface area contributed by atoms with E-state index in [0.717, 1.165) is 12.2 Å². The topological polar surface area (TPSA) is 41.1 Å². The predicted molar refractivity (Wildman–Crippen MR) is 62.7 cm³/mol. The van der Waals surface area contributed by atoms with Crippen molar-refractivity contribution in [2.45, 2.75) is 33.4 Å². The largest absolute Gasteiger partial charge is 0.326 e. The van der Waals surface area contributed by atoms with E-state index >= 15 is 0 Å². The summed E-state index contributed by atoms with van der Waals surface area (Å²) in [6, 6.07) is 8.33. The first-order valence-corrected chi connectivity index (χ1v) is 5.18. The van der Waals surface area contributed by atoms with Gasteiger partial charge in [0.1, 0.15) is 0 Å². The van der Waals surface area contributed by atoms with Crippen LogP contribution in [0.2, 0.25) is 0 Å². The zero-order chi connectivity index (χ0) is 11.3. The molecule has 0 aliphatic rings. The lowest BCUT2D eigenvalue weighted by atomic mass is 10.2. The molecule has 0 bridgehead atoms. The van der Waals surface area contributed by atoms with Gasteiger partial charge in [-0.25, -0.2) is 0 Å². The van der Waals surface area contributed by atoms with Crippen LogP contribution < -0.4 is 10.6 Å². The second kappa shape index (κ2) is 5.51. The molecule has 1 amide bonds. The molecule has 82 valence electrons. The molecule has 1 aromatic carbocycles. The van der Waals surface area contributed by atoms with E-state index in [0.29, 0.717) is 6.04 Å². The second-order valence-electron chi connectivity index (χ2n) is 3.92. The Bertz CT molecular complexity index is 334. The van der Waals surface area contributed by atoms with Gasteiger partial charge in [-0.2, -0.15) is 0 Å². The van der Waals surface area contributed by atoms with Crippen LogP contribution in [0.1, 0.15) is 26.3 Å². The molecule has 0 fully saturated rings. The summed E-state index contributed by atoms with van der Waals surface area (Å²) in [5.74, 6) is -0.0380. The summed E-state index contributed by atoms with van der Waals surface area (Å²) < 4.78 is 0. The summed E-state index contributed by atoms with van der Waals surface area (Å²) in [5, 5.41) is 6.10. The normalized spacial score (nSPS) is 10.4. The maximum Gasteiger partial charge on any atom is 0.221 e. The third-order valence-corrected chi connectivity index (χ3v) is 1.96. The van der Waals surface area contributed by atoms with E-state index in [1.807, 2.05) is 24.3 Å². The van der Waals surface area contributed by atoms with Crippen molar-refractivity contribution < 1.29 is 4.79 Å². The van der Waals surface area contributed by atoms with Gasteiger partial charge in [-0.1, -0.05) is 26.0 Å². The number of rotatable bonds is 4. The molecule has 3 nitrogen and oxygen atoms in total. The first kappa shape index (κ1) is 11.7. The number of carbonyl (C=O) groups excluding carboxylic acids is 1. The quantitative estimate of drug-likeness (QED) is 0.792. The van der Waals surface area contributed by atoms with Crippen LogP contribution in [0.3, 0.4) is 0 Å². The van der Waals surface area contributed by atoms with Crippen LogP contribution in [-0.4, -0.2) is 11.9 Å². The molecule has 0 aliphatic heterocycles. The van der Waals surface area contributed by atoms with Crippen molar-refractivity contribution in [2.24, 2.45) is 0 Å². The third-order valence-electron chi connectivity index (χ3n) is 1.96. The van der Waals surface area contributed by atoms with E-state index in [-0.39, 0.29) is 5.91 Å². The predicted octanol–water partition coefficient (Wildman–Crippen LogP) is 2.14. The van der Waals surface area contributed by atoms with Gasteiger partial charge in [-0.05, 0) is 17.7 Å². The smallest absolute Gasteiger partial charge is 0.221 e. The number of carbonyl (C=O) groups is 1. The van der Waals surface area contributed by atoms with Crippen molar-refractivity contribution in [3.8, 4) is 0 Å². The van der Waals surface area contributed by atoms with E-state index in [2.05, 4.69) is 24.5 Å². The van der Waals surface area contributed by atoms with Crippen molar-refractivity contribution in [2.75, 3.05) is 5.32 Å². The molecule has 15 heavy (non-hydrogen) atoms. The average molecular weight is 206 g/mol. The minimum absolute atomic E-state index is 0.0380. The molecule has 0 heterocycles. The van der Waals surface area contributed by atoms with Crippen LogP contribution in [0.15, 0.2) is 24.3 Å². The van der Waals surface area contributed by atoms with Crippen LogP contribution >= 0.6 is 0 Å². The first-order chi connectivity index (χ1) is 7.08. The highest BCUT2D eigenvalue weighted by atomic mass is 16.1. The first-order valence-electron chi connectivity index (χ1n) is 5.18. The standard InChI is InChI=1S/C12H18N2O/c1-9(2)13-8-11-5-4-6-12(7-11)14-10(3)15/h4-7,9,13H,8H2,1-3H3,(H,14,15). The van der Waals surface area contributed by atoms with E-state index in [4.69, 9.17) is 0 Å². The van der Waals surface area contributed by atoms with Crippen LogP contribution in [0.5, 0.6) is 0 Å². The molecule has 0 unspecified atom stereocenters. The number of anilines is 1.